The lowest BCUT2D eigenvalue weighted by Gasteiger charge is -2.00. The number of aromatic amines is 1. The third kappa shape index (κ3) is 1.09. The van der Waals surface area contributed by atoms with E-state index in [1.807, 2.05) is 20.8 Å². The fourth-order valence-electron chi connectivity index (χ4n) is 0.744. The quantitative estimate of drug-likeness (QED) is 0.579. The van der Waals surface area contributed by atoms with Crippen molar-refractivity contribution in [3.63, 3.8) is 0 Å². The molecule has 1 N–H and O–H groups in total. The van der Waals surface area contributed by atoms with Gasteiger partial charge in [0.05, 0.1) is 5.69 Å². The predicted octanol–water partition coefficient (Wildman–Crippen LogP) is 2.06. The lowest BCUT2D eigenvalue weighted by molar-refractivity contribution is 0.932. The van der Waals surface area contributed by atoms with E-state index in [9.17, 15) is 0 Å². The number of aryl methyl sites for hydroxylation is 1. The van der Waals surface area contributed by atoms with Crippen molar-refractivity contribution in [1.82, 2.24) is 10.2 Å². The van der Waals surface area contributed by atoms with E-state index in [2.05, 4.69) is 10.2 Å². The molecule has 0 aromatic carbocycles. The van der Waals surface area contributed by atoms with E-state index in [0.717, 1.165) is 15.9 Å². The van der Waals surface area contributed by atoms with Crippen molar-refractivity contribution >= 4 is 12.2 Å². The fraction of sp³-hybridized carbons (Fsp3) is 0.429. The Labute approximate surface area is 65.3 Å². The first-order chi connectivity index (χ1) is 4.63. The first-order valence-corrected chi connectivity index (χ1v) is 3.56. The van der Waals surface area contributed by atoms with Crippen molar-refractivity contribution in [2.75, 3.05) is 0 Å². The molecule has 10 heavy (non-hydrogen) atoms. The third-order valence-corrected chi connectivity index (χ3v) is 2.17. The van der Waals surface area contributed by atoms with Crippen molar-refractivity contribution < 1.29 is 0 Å². The Morgan fingerprint density at radius 3 is 2.30 bits per heavy atom. The molecule has 0 spiro atoms. The molecule has 0 atom stereocenters. The summed E-state index contributed by atoms with van der Waals surface area (Å²) >= 11 is 4.98. The summed E-state index contributed by atoms with van der Waals surface area (Å²) in [5.41, 5.74) is 3.33. The zero-order valence-corrected chi connectivity index (χ0v) is 7.17. The summed E-state index contributed by atoms with van der Waals surface area (Å²) in [5, 5.41) is 6.78. The summed E-state index contributed by atoms with van der Waals surface area (Å²) in [4.78, 5) is 0. The van der Waals surface area contributed by atoms with Crippen LogP contribution in [0.15, 0.2) is 0 Å². The second-order valence-electron chi connectivity index (χ2n) is 2.39. The molecule has 0 aliphatic carbocycles. The van der Waals surface area contributed by atoms with Crippen LogP contribution in [0.1, 0.15) is 16.8 Å². The fourth-order valence-corrected chi connectivity index (χ4v) is 0.943. The van der Waals surface area contributed by atoms with Gasteiger partial charge in [-0.05, 0) is 31.9 Å². The maximum absolute atomic E-state index is 4.98. The topological polar surface area (TPSA) is 28.7 Å². The van der Waals surface area contributed by atoms with E-state index < -0.39 is 0 Å². The Morgan fingerprint density at radius 2 is 1.80 bits per heavy atom. The first kappa shape index (κ1) is 7.41. The molecular formula is C7H10N2S. The van der Waals surface area contributed by atoms with Gasteiger partial charge in [0.25, 0.3) is 0 Å². The number of nitrogens with one attached hydrogen (secondary N) is 1. The van der Waals surface area contributed by atoms with Crippen LogP contribution in [0.2, 0.25) is 0 Å². The molecule has 0 aliphatic heterocycles. The minimum atomic E-state index is 0.739. The molecule has 0 saturated carbocycles. The molecule has 3 heteroatoms. The van der Waals surface area contributed by atoms with Crippen molar-refractivity contribution in [1.29, 1.82) is 0 Å². The molecule has 1 aromatic heterocycles. The monoisotopic (exact) mass is 154 g/mol. The van der Waals surface area contributed by atoms with Crippen LogP contribution in [0, 0.1) is 25.4 Å². The van der Waals surface area contributed by atoms with Gasteiger partial charge in [0, 0.05) is 0 Å². The van der Waals surface area contributed by atoms with Crippen LogP contribution in [0.5, 0.6) is 0 Å². The third-order valence-electron chi connectivity index (χ3n) is 1.77. The molecule has 1 rings (SSSR count). The molecule has 0 bridgehead atoms. The Hall–Kier alpha value is -0.700. The van der Waals surface area contributed by atoms with E-state index in [4.69, 9.17) is 12.2 Å². The summed E-state index contributed by atoms with van der Waals surface area (Å²) in [7, 11) is 0. The van der Waals surface area contributed by atoms with Crippen LogP contribution in [-0.2, 0) is 0 Å². The summed E-state index contributed by atoms with van der Waals surface area (Å²) in [6, 6.07) is 0. The smallest absolute Gasteiger partial charge is 0.122 e. The number of aromatic nitrogens is 2. The van der Waals surface area contributed by atoms with Gasteiger partial charge in [0.15, 0.2) is 0 Å². The lowest BCUT2D eigenvalue weighted by atomic mass is 10.1. The van der Waals surface area contributed by atoms with E-state index >= 15 is 0 Å². The molecule has 0 amide bonds. The molecule has 0 radical (unpaired) electrons. The number of hydrogen-bond donors (Lipinski definition) is 1. The lowest BCUT2D eigenvalue weighted by Crippen LogP contribution is -1.94. The number of nitrogens with zero attached hydrogens (tertiary/aromatic N) is 1. The van der Waals surface area contributed by atoms with Crippen LogP contribution in [0.3, 0.4) is 0 Å². The minimum Gasteiger partial charge on any atom is -0.267 e. The van der Waals surface area contributed by atoms with Gasteiger partial charge < -0.3 is 0 Å². The summed E-state index contributed by atoms with van der Waals surface area (Å²) in [5.74, 6) is 0. The summed E-state index contributed by atoms with van der Waals surface area (Å²) in [6.07, 6.45) is 0. The Kier molecular flexibility index (Phi) is 1.85. The van der Waals surface area contributed by atoms with Gasteiger partial charge in [-0.3, -0.25) is 5.10 Å². The maximum Gasteiger partial charge on any atom is 0.122 e. The minimum absolute atomic E-state index is 0.739. The number of hydrogen-bond acceptors (Lipinski definition) is 2. The van der Waals surface area contributed by atoms with E-state index in [-0.39, 0.29) is 0 Å². The van der Waals surface area contributed by atoms with Crippen molar-refractivity contribution in [3.8, 4) is 0 Å². The average Bonchev–Trinajstić information content (AvgIpc) is 1.93. The van der Waals surface area contributed by atoms with E-state index in [1.54, 1.807) is 0 Å². The largest absolute Gasteiger partial charge is 0.267 e. The number of H-pyrrole nitrogens is 1. The molecule has 1 heterocycles. The highest BCUT2D eigenvalue weighted by molar-refractivity contribution is 7.71. The molecule has 54 valence electrons. The van der Waals surface area contributed by atoms with Crippen LogP contribution in [0.4, 0.5) is 0 Å². The summed E-state index contributed by atoms with van der Waals surface area (Å²) < 4.78 is 0.739. The standard InChI is InChI=1S/C7H10N2S/c1-4-5(2)7(10)9-8-6(4)3/h1-3H3,(H,9,10). The van der Waals surface area contributed by atoms with Gasteiger partial charge >= 0.3 is 0 Å². The molecule has 0 fully saturated rings. The highest BCUT2D eigenvalue weighted by Gasteiger charge is 1.97. The number of rotatable bonds is 0. The van der Waals surface area contributed by atoms with Gasteiger partial charge in [-0.1, -0.05) is 12.2 Å². The van der Waals surface area contributed by atoms with E-state index in [0.29, 0.717) is 0 Å². The SMILES string of the molecule is Cc1n[nH]c(=S)c(C)c1C. The van der Waals surface area contributed by atoms with Gasteiger partial charge in [0.1, 0.15) is 4.64 Å². The van der Waals surface area contributed by atoms with E-state index in [1.165, 1.54) is 5.56 Å². The molecule has 0 aliphatic rings. The summed E-state index contributed by atoms with van der Waals surface area (Å²) in [6.45, 7) is 6.00. The van der Waals surface area contributed by atoms with Gasteiger partial charge in [0.2, 0.25) is 0 Å². The second kappa shape index (κ2) is 2.50. The van der Waals surface area contributed by atoms with Gasteiger partial charge in [-0.15, -0.1) is 0 Å². The Bertz CT molecular complexity index is 301. The Balaban J connectivity index is 3.49. The second-order valence-corrected chi connectivity index (χ2v) is 2.80. The molecule has 2 nitrogen and oxygen atoms in total. The van der Waals surface area contributed by atoms with Crippen molar-refractivity contribution in [2.24, 2.45) is 0 Å². The zero-order chi connectivity index (χ0) is 7.72. The predicted molar refractivity (Wildman–Crippen MR) is 43.6 cm³/mol. The molecule has 1 aromatic rings. The van der Waals surface area contributed by atoms with Crippen LogP contribution >= 0.6 is 12.2 Å². The molecule has 0 saturated heterocycles. The first-order valence-electron chi connectivity index (χ1n) is 3.15. The zero-order valence-electron chi connectivity index (χ0n) is 6.36. The van der Waals surface area contributed by atoms with Crippen LogP contribution in [-0.4, -0.2) is 10.2 Å². The van der Waals surface area contributed by atoms with Gasteiger partial charge in [-0.2, -0.15) is 5.10 Å². The normalized spacial score (nSPS) is 9.90. The highest BCUT2D eigenvalue weighted by Crippen LogP contribution is 2.07. The highest BCUT2D eigenvalue weighted by atomic mass is 32.1. The molecular weight excluding hydrogens is 144 g/mol. The van der Waals surface area contributed by atoms with Gasteiger partial charge in [-0.25, -0.2) is 0 Å². The van der Waals surface area contributed by atoms with Crippen molar-refractivity contribution in [3.05, 3.63) is 21.5 Å². The molecule has 0 unspecified atom stereocenters. The van der Waals surface area contributed by atoms with Crippen molar-refractivity contribution in [2.45, 2.75) is 20.8 Å². The van der Waals surface area contributed by atoms with Crippen LogP contribution in [0.25, 0.3) is 0 Å². The average molecular weight is 154 g/mol. The van der Waals surface area contributed by atoms with Crippen LogP contribution < -0.4 is 0 Å². The maximum atomic E-state index is 4.98. The Morgan fingerprint density at radius 1 is 1.20 bits per heavy atom.